The van der Waals surface area contributed by atoms with E-state index in [4.69, 9.17) is 6.57 Å². The number of aromatic hydroxyl groups is 2. The van der Waals surface area contributed by atoms with Gasteiger partial charge in [-0.25, -0.2) is 33.6 Å². The van der Waals surface area contributed by atoms with Crippen LogP contribution in [0.4, 0.5) is 28.4 Å². The van der Waals surface area contributed by atoms with Gasteiger partial charge in [0.25, 0.3) is 28.6 Å². The number of hydrogen-bond acceptors (Lipinski definition) is 17. The summed E-state index contributed by atoms with van der Waals surface area (Å²) in [6.45, 7) is 9.01. The molecule has 3 aromatic carbocycles. The highest BCUT2D eigenvalue weighted by Crippen LogP contribution is 2.37. The zero-order chi connectivity index (χ0) is 56.3. The molecule has 2 heterocycles. The molecule has 10 N–H and O–H groups in total. The lowest BCUT2D eigenvalue weighted by Gasteiger charge is -2.16. The molecule has 28 nitrogen and oxygen atoms in total. The summed E-state index contributed by atoms with van der Waals surface area (Å²) in [6.07, 6.45) is -0.562. The zero-order valence-electron chi connectivity index (χ0n) is 39.5. The molecule has 390 valence electrons. The van der Waals surface area contributed by atoms with Gasteiger partial charge in [0.05, 0.1) is 51.1 Å². The standard InChI is InChI=1S/C48H40N10O18/c1-4-23-31(20-49)39(61)57(41(63)35(23)55-53-32-16-21(43(65)66)8-10-25(32)45(69)70)14-6-12-51-37(59)27-18-30(48(75)76)28(19-29(27)47(73)74)38(60)52-13-7-15-58-40(62)34(50-3)24(5-2)36(42(58)64)56-54-33-17-22(44(67)68)9-11-26(33)46(71)72/h8-11,16-19,61-62H,4-7,12-15H2,1-2H3,(H,51,59)(H,52,60)(H,65,66)(H,67,68)(H,69,70)(H,71,72)(H,73,74)(H,75,76). The minimum Gasteiger partial charge on any atom is -0.503 e. The molecule has 0 aliphatic heterocycles. The number of pyridine rings is 2. The summed E-state index contributed by atoms with van der Waals surface area (Å²) in [5, 5.41) is 110. The van der Waals surface area contributed by atoms with Crippen molar-refractivity contribution in [2.45, 2.75) is 52.6 Å². The van der Waals surface area contributed by atoms with E-state index < -0.39 is 151 Å². The highest BCUT2D eigenvalue weighted by Gasteiger charge is 2.27. The Bertz CT molecular complexity index is 3350. The van der Waals surface area contributed by atoms with Gasteiger partial charge in [-0.1, -0.05) is 13.8 Å². The number of aromatic carboxylic acids is 6. The number of nitrogens with zero attached hydrogens (tertiary/aromatic N) is 8. The van der Waals surface area contributed by atoms with Gasteiger partial charge in [-0.2, -0.15) is 5.26 Å². The topological polar surface area (TPSA) is 444 Å². The van der Waals surface area contributed by atoms with Crippen LogP contribution in [0.15, 0.2) is 78.6 Å². The van der Waals surface area contributed by atoms with Crippen LogP contribution in [-0.2, 0) is 25.9 Å². The van der Waals surface area contributed by atoms with Crippen molar-refractivity contribution in [1.82, 2.24) is 19.8 Å². The second-order valence-corrected chi connectivity index (χ2v) is 15.7. The predicted octanol–water partition coefficient (Wildman–Crippen LogP) is 5.63. The third kappa shape index (κ3) is 11.9. The lowest BCUT2D eigenvalue weighted by atomic mass is 9.97. The van der Waals surface area contributed by atoms with Crippen molar-refractivity contribution in [3.63, 3.8) is 0 Å². The summed E-state index contributed by atoms with van der Waals surface area (Å²) >= 11 is 0. The Morgan fingerprint density at radius 1 is 0.566 bits per heavy atom. The Morgan fingerprint density at radius 2 is 0.961 bits per heavy atom. The average Bonchev–Trinajstić information content (AvgIpc) is 3.38. The molecule has 5 rings (SSSR count). The first kappa shape index (κ1) is 56.0. The minimum atomic E-state index is -1.78. The van der Waals surface area contributed by atoms with E-state index in [0.29, 0.717) is 21.3 Å². The summed E-state index contributed by atoms with van der Waals surface area (Å²) in [6, 6.07) is 8.72. The van der Waals surface area contributed by atoms with Gasteiger partial charge in [0.15, 0.2) is 11.6 Å². The molecule has 0 radical (unpaired) electrons. The molecule has 0 atom stereocenters. The molecule has 0 unspecified atom stereocenters. The van der Waals surface area contributed by atoms with Crippen LogP contribution in [0.3, 0.4) is 0 Å². The van der Waals surface area contributed by atoms with Crippen LogP contribution in [0.1, 0.15) is 126 Å². The van der Waals surface area contributed by atoms with Gasteiger partial charge >= 0.3 is 35.8 Å². The summed E-state index contributed by atoms with van der Waals surface area (Å²) < 4.78 is 1.38. The van der Waals surface area contributed by atoms with Crippen LogP contribution < -0.4 is 21.8 Å². The molecule has 0 saturated heterocycles. The van der Waals surface area contributed by atoms with E-state index in [9.17, 15) is 94.1 Å². The van der Waals surface area contributed by atoms with Crippen LogP contribution in [0.5, 0.6) is 11.8 Å². The molecular formula is C48H40N10O18. The van der Waals surface area contributed by atoms with Crippen molar-refractivity contribution in [2.24, 2.45) is 20.5 Å². The highest BCUT2D eigenvalue weighted by molar-refractivity contribution is 6.12. The second-order valence-electron chi connectivity index (χ2n) is 15.7. The zero-order valence-corrected chi connectivity index (χ0v) is 39.5. The fourth-order valence-corrected chi connectivity index (χ4v) is 7.47. The molecule has 0 spiro atoms. The number of carboxylic acids is 6. The van der Waals surface area contributed by atoms with Crippen molar-refractivity contribution in [2.75, 3.05) is 13.1 Å². The van der Waals surface area contributed by atoms with Crippen LogP contribution in [-0.4, -0.2) is 111 Å². The first-order chi connectivity index (χ1) is 36.0. The van der Waals surface area contributed by atoms with Gasteiger partial charge in [0, 0.05) is 31.7 Å². The smallest absolute Gasteiger partial charge is 0.337 e. The van der Waals surface area contributed by atoms with Crippen molar-refractivity contribution >= 4 is 76.1 Å². The normalized spacial score (nSPS) is 10.9. The number of carbonyl (C=O) groups excluding carboxylic acids is 2. The molecule has 76 heavy (non-hydrogen) atoms. The maximum Gasteiger partial charge on any atom is 0.337 e. The largest absolute Gasteiger partial charge is 0.503 e. The van der Waals surface area contributed by atoms with E-state index >= 15 is 0 Å². The lowest BCUT2D eigenvalue weighted by molar-refractivity contribution is 0.0675. The Labute approximate surface area is 425 Å². The number of hydrogen-bond donors (Lipinski definition) is 10. The predicted molar refractivity (Wildman–Crippen MR) is 258 cm³/mol. The Balaban J connectivity index is 1.34. The molecule has 0 aliphatic carbocycles. The Morgan fingerprint density at radius 3 is 1.32 bits per heavy atom. The summed E-state index contributed by atoms with van der Waals surface area (Å²) in [4.78, 5) is 129. The fourth-order valence-electron chi connectivity index (χ4n) is 7.47. The van der Waals surface area contributed by atoms with Gasteiger partial charge < -0.3 is 51.5 Å². The molecule has 2 amide bonds. The molecule has 0 aliphatic rings. The average molecular weight is 1040 g/mol. The van der Waals surface area contributed by atoms with Gasteiger partial charge in [0.1, 0.15) is 28.7 Å². The number of amides is 2. The summed E-state index contributed by atoms with van der Waals surface area (Å²) in [5.41, 5.74) is -9.81. The quantitative estimate of drug-likeness (QED) is 0.0228. The van der Waals surface area contributed by atoms with Crippen LogP contribution in [0, 0.1) is 17.9 Å². The molecule has 0 saturated carbocycles. The molecule has 2 aromatic heterocycles. The minimum absolute atomic E-state index is 0.0562. The highest BCUT2D eigenvalue weighted by atomic mass is 16.4. The van der Waals surface area contributed by atoms with Gasteiger partial charge in [-0.05, 0) is 79.8 Å². The number of rotatable bonds is 22. The monoisotopic (exact) mass is 1040 g/mol. The Kier molecular flexibility index (Phi) is 17.7. The number of nitriles is 1. The van der Waals surface area contributed by atoms with E-state index in [2.05, 4.69) is 35.9 Å². The SMILES string of the molecule is [C-]#[N+]c1c(CC)c(N=Nc2cc(C(=O)O)ccc2C(=O)O)c(=O)n(CCCNC(=O)c2cc(C(=O)O)c(C(=O)NCCCn3c(O)c(C#N)c(CC)c(N=Nc4cc(C(=O)O)ccc4C(=O)O)c3=O)cc2C(=O)O)c1O. The maximum atomic E-state index is 13.7. The number of azo groups is 2. The molecule has 5 aromatic rings. The van der Waals surface area contributed by atoms with Crippen molar-refractivity contribution < 1.29 is 79.2 Å². The fraction of sp³-hybridized carbons (Fsp3) is 0.208. The number of nitrogens with one attached hydrogen (secondary N) is 2. The van der Waals surface area contributed by atoms with Crippen molar-refractivity contribution in [3.8, 4) is 17.8 Å². The number of benzene rings is 3. The van der Waals surface area contributed by atoms with Gasteiger partial charge in [0.2, 0.25) is 5.88 Å². The van der Waals surface area contributed by atoms with E-state index in [-0.39, 0.29) is 61.0 Å². The van der Waals surface area contributed by atoms with E-state index in [1.807, 2.05) is 0 Å². The number of carbonyl (C=O) groups is 8. The third-order valence-electron chi connectivity index (χ3n) is 11.2. The maximum absolute atomic E-state index is 13.7. The summed E-state index contributed by atoms with van der Waals surface area (Å²) in [7, 11) is 0. The number of carboxylic acid groups (broad SMARTS) is 6. The van der Waals surface area contributed by atoms with E-state index in [1.54, 1.807) is 6.07 Å². The summed E-state index contributed by atoms with van der Waals surface area (Å²) in [5.74, 6) is -13.4. The Hall–Kier alpha value is -10.9. The van der Waals surface area contributed by atoms with Gasteiger partial charge in [-0.15, -0.1) is 20.5 Å². The lowest BCUT2D eigenvalue weighted by Crippen LogP contribution is -2.31. The van der Waals surface area contributed by atoms with E-state index in [1.165, 1.54) is 13.8 Å². The first-order valence-corrected chi connectivity index (χ1v) is 22.0. The van der Waals surface area contributed by atoms with E-state index in [0.717, 1.165) is 36.4 Å². The number of aromatic nitrogens is 2. The third-order valence-corrected chi connectivity index (χ3v) is 11.2. The van der Waals surface area contributed by atoms with Crippen LogP contribution in [0.2, 0.25) is 0 Å². The molecule has 0 bridgehead atoms. The van der Waals surface area contributed by atoms with Gasteiger partial charge in [-0.3, -0.25) is 28.3 Å². The van der Waals surface area contributed by atoms with Crippen molar-refractivity contribution in [1.29, 1.82) is 5.26 Å². The van der Waals surface area contributed by atoms with Crippen molar-refractivity contribution in [3.05, 3.63) is 142 Å². The second kappa shape index (κ2) is 24.0. The first-order valence-electron chi connectivity index (χ1n) is 22.0. The van der Waals surface area contributed by atoms with Crippen LogP contribution in [0.25, 0.3) is 4.85 Å². The molecular weight excluding hydrogens is 1000 g/mol. The molecule has 0 fully saturated rings. The van der Waals surface area contributed by atoms with Crippen LogP contribution >= 0.6 is 0 Å². The molecule has 28 heteroatoms.